The van der Waals surface area contributed by atoms with E-state index in [9.17, 15) is 14.0 Å². The Morgan fingerprint density at radius 1 is 1.15 bits per heavy atom. The molecule has 0 atom stereocenters. The molecule has 0 unspecified atom stereocenters. The van der Waals surface area contributed by atoms with Gasteiger partial charge < -0.3 is 14.1 Å². The zero-order valence-corrected chi connectivity index (χ0v) is 14.8. The second-order valence-corrected chi connectivity index (χ2v) is 6.24. The van der Waals surface area contributed by atoms with Crippen LogP contribution in [0.15, 0.2) is 34.7 Å². The molecule has 2 heterocycles. The molecule has 3 rings (SSSR count). The van der Waals surface area contributed by atoms with E-state index in [0.717, 1.165) is 13.1 Å². The predicted octanol–water partition coefficient (Wildman–Crippen LogP) is 2.73. The van der Waals surface area contributed by atoms with Crippen LogP contribution in [0.5, 0.6) is 0 Å². The number of esters is 1. The van der Waals surface area contributed by atoms with Crippen LogP contribution in [-0.2, 0) is 11.3 Å². The van der Waals surface area contributed by atoms with E-state index in [4.69, 9.17) is 4.42 Å². The number of piperazine rings is 1. The molecule has 0 spiro atoms. The lowest BCUT2D eigenvalue weighted by molar-refractivity contribution is 0.0561. The Balaban J connectivity index is 1.58. The number of methoxy groups -OCH3 is 1. The van der Waals surface area contributed by atoms with Gasteiger partial charge in [0.05, 0.1) is 19.3 Å². The molecule has 0 amide bonds. The number of ether oxygens (including phenoxy) is 1. The lowest BCUT2D eigenvalue weighted by Gasteiger charge is -2.35. The maximum absolute atomic E-state index is 14.3. The highest BCUT2D eigenvalue weighted by atomic mass is 19.1. The van der Waals surface area contributed by atoms with Crippen LogP contribution in [0.25, 0.3) is 0 Å². The third-order valence-corrected chi connectivity index (χ3v) is 4.49. The van der Waals surface area contributed by atoms with Gasteiger partial charge in [-0.15, -0.1) is 0 Å². The van der Waals surface area contributed by atoms with Gasteiger partial charge in [-0.1, -0.05) is 0 Å². The third kappa shape index (κ3) is 3.94. The summed E-state index contributed by atoms with van der Waals surface area (Å²) < 4.78 is 24.4. The zero-order chi connectivity index (χ0) is 18.7. The molecule has 138 valence electrons. The molecule has 1 aromatic carbocycles. The summed E-state index contributed by atoms with van der Waals surface area (Å²) in [5, 5.41) is 0. The van der Waals surface area contributed by atoms with Crippen LogP contribution in [0.3, 0.4) is 0 Å². The molecule has 0 bridgehead atoms. The van der Waals surface area contributed by atoms with Gasteiger partial charge in [0.1, 0.15) is 11.6 Å². The highest BCUT2D eigenvalue weighted by molar-refractivity contribution is 5.94. The Morgan fingerprint density at radius 2 is 1.88 bits per heavy atom. The topological polar surface area (TPSA) is 63.0 Å². The number of ketones is 1. The molecule has 1 aromatic heterocycles. The summed E-state index contributed by atoms with van der Waals surface area (Å²) in [6, 6.07) is 7.98. The van der Waals surface area contributed by atoms with Crippen molar-refractivity contribution in [2.75, 3.05) is 38.2 Å². The number of nitrogens with zero attached hydrogens (tertiary/aromatic N) is 2. The van der Waals surface area contributed by atoms with Crippen LogP contribution in [0.4, 0.5) is 10.1 Å². The van der Waals surface area contributed by atoms with E-state index >= 15 is 0 Å². The van der Waals surface area contributed by atoms with Gasteiger partial charge in [0.25, 0.3) is 0 Å². The van der Waals surface area contributed by atoms with Gasteiger partial charge in [0, 0.05) is 31.7 Å². The zero-order valence-electron chi connectivity index (χ0n) is 14.8. The Hall–Kier alpha value is -2.67. The molecule has 0 saturated carbocycles. The van der Waals surface area contributed by atoms with Crippen molar-refractivity contribution < 1.29 is 23.1 Å². The number of rotatable bonds is 5. The van der Waals surface area contributed by atoms with Crippen molar-refractivity contribution in [2.45, 2.75) is 13.5 Å². The number of Topliss-reactive ketones (excluding diaryl/α,β-unsaturated/α-hetero) is 1. The van der Waals surface area contributed by atoms with Crippen molar-refractivity contribution in [2.24, 2.45) is 0 Å². The van der Waals surface area contributed by atoms with E-state index in [0.29, 0.717) is 36.6 Å². The standard InChI is InChI=1S/C19H21FN2O4/c1-13(23)14-3-5-17(16(20)11-14)22-9-7-21(8-10-22)12-15-4-6-18(26-15)19(24)25-2/h3-6,11H,7-10,12H2,1-2H3. The highest BCUT2D eigenvalue weighted by Gasteiger charge is 2.21. The maximum atomic E-state index is 14.3. The SMILES string of the molecule is COC(=O)c1ccc(CN2CCN(c3ccc(C(C)=O)cc3F)CC2)o1. The van der Waals surface area contributed by atoms with Crippen LogP contribution in [0.1, 0.15) is 33.6 Å². The number of hydrogen-bond acceptors (Lipinski definition) is 6. The summed E-state index contributed by atoms with van der Waals surface area (Å²) in [5.74, 6) is -0.139. The Morgan fingerprint density at radius 3 is 2.50 bits per heavy atom. The monoisotopic (exact) mass is 360 g/mol. The normalized spacial score (nSPS) is 15.1. The van der Waals surface area contributed by atoms with Crippen molar-refractivity contribution in [3.63, 3.8) is 0 Å². The minimum absolute atomic E-state index is 0.148. The second-order valence-electron chi connectivity index (χ2n) is 6.24. The molecule has 26 heavy (non-hydrogen) atoms. The van der Waals surface area contributed by atoms with E-state index in [1.807, 2.05) is 4.90 Å². The lowest BCUT2D eigenvalue weighted by Crippen LogP contribution is -2.46. The molecular weight excluding hydrogens is 339 g/mol. The highest BCUT2D eigenvalue weighted by Crippen LogP contribution is 2.23. The van der Waals surface area contributed by atoms with Crippen molar-refractivity contribution in [1.82, 2.24) is 4.90 Å². The third-order valence-electron chi connectivity index (χ3n) is 4.49. The van der Waals surface area contributed by atoms with Crippen molar-refractivity contribution >= 4 is 17.4 Å². The Bertz CT molecular complexity index is 810. The molecule has 1 aliphatic heterocycles. The van der Waals surface area contributed by atoms with Gasteiger partial charge in [-0.3, -0.25) is 9.69 Å². The van der Waals surface area contributed by atoms with Crippen molar-refractivity contribution in [1.29, 1.82) is 0 Å². The van der Waals surface area contributed by atoms with Crippen LogP contribution in [-0.4, -0.2) is 49.9 Å². The summed E-state index contributed by atoms with van der Waals surface area (Å²) in [5.41, 5.74) is 0.893. The number of carbonyl (C=O) groups is 2. The van der Waals surface area contributed by atoms with Gasteiger partial charge in [-0.2, -0.15) is 0 Å². The van der Waals surface area contributed by atoms with Gasteiger partial charge in [-0.05, 0) is 37.3 Å². The van der Waals surface area contributed by atoms with E-state index in [-0.39, 0.29) is 17.4 Å². The van der Waals surface area contributed by atoms with E-state index < -0.39 is 5.97 Å². The first-order chi connectivity index (χ1) is 12.5. The fourth-order valence-corrected chi connectivity index (χ4v) is 3.02. The summed E-state index contributed by atoms with van der Waals surface area (Å²) in [6.45, 7) is 4.82. The largest absolute Gasteiger partial charge is 0.463 e. The molecule has 0 radical (unpaired) electrons. The maximum Gasteiger partial charge on any atom is 0.373 e. The minimum atomic E-state index is -0.495. The van der Waals surface area contributed by atoms with Crippen LogP contribution < -0.4 is 4.90 Å². The van der Waals surface area contributed by atoms with E-state index in [1.54, 1.807) is 24.3 Å². The first-order valence-corrected chi connectivity index (χ1v) is 8.42. The Kier molecular flexibility index (Phi) is 5.37. The van der Waals surface area contributed by atoms with Gasteiger partial charge in [0.2, 0.25) is 5.76 Å². The summed E-state index contributed by atoms with van der Waals surface area (Å²) in [6.07, 6.45) is 0. The molecule has 0 aliphatic carbocycles. The summed E-state index contributed by atoms with van der Waals surface area (Å²) in [7, 11) is 1.31. The number of furan rings is 1. The number of benzene rings is 1. The van der Waals surface area contributed by atoms with E-state index in [2.05, 4.69) is 9.64 Å². The number of anilines is 1. The summed E-state index contributed by atoms with van der Waals surface area (Å²) >= 11 is 0. The fraction of sp³-hybridized carbons (Fsp3) is 0.368. The molecule has 2 aromatic rings. The van der Waals surface area contributed by atoms with Gasteiger partial charge in [-0.25, -0.2) is 9.18 Å². The average molecular weight is 360 g/mol. The average Bonchev–Trinajstić information content (AvgIpc) is 3.10. The van der Waals surface area contributed by atoms with Crippen LogP contribution in [0.2, 0.25) is 0 Å². The molecule has 1 fully saturated rings. The number of halogens is 1. The molecule has 6 nitrogen and oxygen atoms in total. The predicted molar refractivity (Wildman–Crippen MR) is 93.9 cm³/mol. The van der Waals surface area contributed by atoms with Gasteiger partial charge >= 0.3 is 5.97 Å². The smallest absolute Gasteiger partial charge is 0.373 e. The fourth-order valence-electron chi connectivity index (χ4n) is 3.02. The lowest BCUT2D eigenvalue weighted by atomic mass is 10.1. The van der Waals surface area contributed by atoms with Gasteiger partial charge in [0.15, 0.2) is 5.78 Å². The van der Waals surface area contributed by atoms with Crippen molar-refractivity contribution in [3.05, 3.63) is 53.2 Å². The first kappa shape index (κ1) is 18.1. The molecule has 7 heteroatoms. The van der Waals surface area contributed by atoms with E-state index in [1.165, 1.54) is 20.1 Å². The molecule has 1 aliphatic rings. The summed E-state index contributed by atoms with van der Waals surface area (Å²) in [4.78, 5) is 26.9. The molecular formula is C19H21FN2O4. The second kappa shape index (κ2) is 7.70. The number of hydrogen-bond donors (Lipinski definition) is 0. The Labute approximate surface area is 151 Å². The first-order valence-electron chi connectivity index (χ1n) is 8.42. The van der Waals surface area contributed by atoms with Crippen LogP contribution in [0, 0.1) is 5.82 Å². The quantitative estimate of drug-likeness (QED) is 0.604. The number of carbonyl (C=O) groups excluding carboxylic acids is 2. The molecule has 0 N–H and O–H groups in total. The van der Waals surface area contributed by atoms with Crippen molar-refractivity contribution in [3.8, 4) is 0 Å². The van der Waals surface area contributed by atoms with Crippen LogP contribution >= 0.6 is 0 Å². The molecule has 1 saturated heterocycles. The minimum Gasteiger partial charge on any atom is -0.463 e.